The Morgan fingerprint density at radius 1 is 1.52 bits per heavy atom. The third-order valence-electron chi connectivity index (χ3n) is 2.69. The van der Waals surface area contributed by atoms with Crippen LogP contribution in [-0.4, -0.2) is 9.78 Å². The van der Waals surface area contributed by atoms with Crippen molar-refractivity contribution in [2.75, 3.05) is 5.32 Å². The summed E-state index contributed by atoms with van der Waals surface area (Å²) in [6.07, 6.45) is 6.65. The Kier molecular flexibility index (Phi) is 4.99. The summed E-state index contributed by atoms with van der Waals surface area (Å²) in [5.41, 5.74) is 0.977. The van der Waals surface area contributed by atoms with E-state index in [2.05, 4.69) is 32.3 Å². The number of anilines is 1. The van der Waals surface area contributed by atoms with E-state index in [1.165, 1.54) is 23.0 Å². The van der Waals surface area contributed by atoms with Gasteiger partial charge in [-0.1, -0.05) is 23.6 Å². The summed E-state index contributed by atoms with van der Waals surface area (Å²) in [6.45, 7) is 0.476. The molecule has 0 aliphatic carbocycles. The van der Waals surface area contributed by atoms with Gasteiger partial charge >= 0.3 is 0 Å². The average molecular weight is 371 g/mol. The fraction of sp³-hybridized carbons (Fsp3) is 0.143. The van der Waals surface area contributed by atoms with Crippen molar-refractivity contribution in [2.45, 2.75) is 13.1 Å². The Hall–Kier alpha value is -1.84. The molecular formula is C14H10BrClFN3O. The molecule has 0 saturated carbocycles. The van der Waals surface area contributed by atoms with Gasteiger partial charge in [-0.15, -0.1) is 6.42 Å². The molecule has 4 nitrogen and oxygen atoms in total. The molecule has 1 N–H and O–H groups in total. The standard InChI is InChI=1S/C14H10BrClFN3O/c1-2-5-20-14(21)13(15)12(8-19-20)18-7-9-3-4-11(17)10(16)6-9/h1,3-4,6,8,18H,5,7H2. The van der Waals surface area contributed by atoms with Gasteiger partial charge in [0, 0.05) is 6.54 Å². The molecule has 1 aromatic carbocycles. The monoisotopic (exact) mass is 369 g/mol. The molecule has 0 bridgehead atoms. The third-order valence-corrected chi connectivity index (χ3v) is 3.75. The zero-order valence-corrected chi connectivity index (χ0v) is 13.1. The second-order valence-corrected chi connectivity index (χ2v) is 5.34. The summed E-state index contributed by atoms with van der Waals surface area (Å²) in [5.74, 6) is 1.88. The normalized spacial score (nSPS) is 10.2. The topological polar surface area (TPSA) is 46.9 Å². The van der Waals surface area contributed by atoms with Gasteiger partial charge in [0.1, 0.15) is 16.8 Å². The van der Waals surface area contributed by atoms with Gasteiger partial charge in [0.2, 0.25) is 0 Å². The van der Waals surface area contributed by atoms with Crippen molar-refractivity contribution in [2.24, 2.45) is 0 Å². The fourth-order valence-corrected chi connectivity index (χ4v) is 2.28. The maximum absolute atomic E-state index is 13.1. The second kappa shape index (κ2) is 6.74. The van der Waals surface area contributed by atoms with E-state index >= 15 is 0 Å². The number of nitrogens with zero attached hydrogens (tertiary/aromatic N) is 2. The average Bonchev–Trinajstić information content (AvgIpc) is 2.47. The number of halogens is 3. The number of hydrogen-bond donors (Lipinski definition) is 1. The molecule has 0 aliphatic heterocycles. The number of hydrogen-bond acceptors (Lipinski definition) is 3. The Morgan fingerprint density at radius 2 is 2.29 bits per heavy atom. The van der Waals surface area contributed by atoms with E-state index in [0.717, 1.165) is 5.56 Å². The third kappa shape index (κ3) is 3.63. The molecule has 21 heavy (non-hydrogen) atoms. The first kappa shape index (κ1) is 15.5. The van der Waals surface area contributed by atoms with Crippen LogP contribution in [-0.2, 0) is 13.1 Å². The SMILES string of the molecule is C#CCn1ncc(NCc2ccc(F)c(Cl)c2)c(Br)c1=O. The van der Waals surface area contributed by atoms with Gasteiger partial charge in [-0.2, -0.15) is 5.10 Å². The van der Waals surface area contributed by atoms with Crippen molar-refractivity contribution in [1.82, 2.24) is 9.78 Å². The van der Waals surface area contributed by atoms with Crippen molar-refractivity contribution < 1.29 is 4.39 Å². The summed E-state index contributed by atoms with van der Waals surface area (Å²) in [5, 5.41) is 7.04. The van der Waals surface area contributed by atoms with E-state index in [4.69, 9.17) is 18.0 Å². The molecule has 0 radical (unpaired) electrons. The van der Waals surface area contributed by atoms with Gasteiger partial charge in [-0.25, -0.2) is 9.07 Å². The fourth-order valence-electron chi connectivity index (χ4n) is 1.63. The largest absolute Gasteiger partial charge is 0.379 e. The summed E-state index contributed by atoms with van der Waals surface area (Å²) >= 11 is 8.92. The highest BCUT2D eigenvalue weighted by molar-refractivity contribution is 9.10. The molecule has 1 aromatic heterocycles. The maximum atomic E-state index is 13.1. The minimum atomic E-state index is -0.472. The molecule has 0 spiro atoms. The van der Waals surface area contributed by atoms with Crippen LogP contribution in [0, 0.1) is 18.2 Å². The second-order valence-electron chi connectivity index (χ2n) is 4.14. The van der Waals surface area contributed by atoms with Crippen LogP contribution in [0.25, 0.3) is 0 Å². The summed E-state index contributed by atoms with van der Waals surface area (Å²) in [4.78, 5) is 11.9. The highest BCUT2D eigenvalue weighted by Gasteiger charge is 2.08. The zero-order chi connectivity index (χ0) is 15.4. The summed E-state index contributed by atoms with van der Waals surface area (Å²) < 4.78 is 14.6. The molecule has 0 amide bonds. The van der Waals surface area contributed by atoms with Gasteiger partial charge in [0.15, 0.2) is 0 Å². The lowest BCUT2D eigenvalue weighted by molar-refractivity contribution is 0.627. The highest BCUT2D eigenvalue weighted by atomic mass is 79.9. The number of rotatable bonds is 4. The molecule has 0 atom stereocenters. The van der Waals surface area contributed by atoms with Gasteiger partial charge in [-0.3, -0.25) is 4.79 Å². The first-order chi connectivity index (χ1) is 10.0. The van der Waals surface area contributed by atoms with Crippen LogP contribution in [0.2, 0.25) is 5.02 Å². The van der Waals surface area contributed by atoms with E-state index in [0.29, 0.717) is 16.7 Å². The Labute approximate surface area is 134 Å². The molecule has 2 rings (SSSR count). The van der Waals surface area contributed by atoms with Crippen LogP contribution < -0.4 is 10.9 Å². The Bertz CT molecular complexity index is 770. The summed E-state index contributed by atoms with van der Waals surface area (Å²) in [7, 11) is 0. The van der Waals surface area contributed by atoms with Crippen molar-refractivity contribution >= 4 is 33.2 Å². The smallest absolute Gasteiger partial charge is 0.284 e. The number of aromatic nitrogens is 2. The minimum Gasteiger partial charge on any atom is -0.379 e. The predicted molar refractivity (Wildman–Crippen MR) is 83.8 cm³/mol. The molecular weight excluding hydrogens is 361 g/mol. The first-order valence-corrected chi connectivity index (χ1v) is 7.07. The van der Waals surface area contributed by atoms with E-state index in [1.807, 2.05) is 0 Å². The van der Waals surface area contributed by atoms with Crippen LogP contribution in [0.4, 0.5) is 10.1 Å². The quantitative estimate of drug-likeness (QED) is 0.842. The van der Waals surface area contributed by atoms with E-state index in [-0.39, 0.29) is 17.1 Å². The van der Waals surface area contributed by atoms with Crippen LogP contribution in [0.5, 0.6) is 0 Å². The van der Waals surface area contributed by atoms with Crippen molar-refractivity contribution in [1.29, 1.82) is 0 Å². The van der Waals surface area contributed by atoms with Crippen molar-refractivity contribution in [3.8, 4) is 12.3 Å². The number of terminal acetylenes is 1. The molecule has 108 valence electrons. The van der Waals surface area contributed by atoms with Gasteiger partial charge in [-0.05, 0) is 33.6 Å². The van der Waals surface area contributed by atoms with Gasteiger partial charge in [0.05, 0.1) is 16.9 Å². The van der Waals surface area contributed by atoms with E-state index in [1.54, 1.807) is 6.07 Å². The zero-order valence-electron chi connectivity index (χ0n) is 10.7. The maximum Gasteiger partial charge on any atom is 0.284 e. The van der Waals surface area contributed by atoms with E-state index in [9.17, 15) is 9.18 Å². The van der Waals surface area contributed by atoms with Crippen molar-refractivity contribution in [3.05, 3.63) is 55.6 Å². The van der Waals surface area contributed by atoms with Crippen LogP contribution in [0.15, 0.2) is 33.7 Å². The molecule has 0 aliphatic rings. The van der Waals surface area contributed by atoms with Crippen LogP contribution in [0.1, 0.15) is 5.56 Å². The number of nitrogens with one attached hydrogen (secondary N) is 1. The van der Waals surface area contributed by atoms with Crippen LogP contribution >= 0.6 is 27.5 Å². The molecule has 7 heteroatoms. The lowest BCUT2D eigenvalue weighted by Crippen LogP contribution is -2.24. The first-order valence-electron chi connectivity index (χ1n) is 5.90. The number of benzene rings is 1. The summed E-state index contributed by atoms with van der Waals surface area (Å²) in [6, 6.07) is 4.41. The van der Waals surface area contributed by atoms with Gasteiger partial charge in [0.25, 0.3) is 5.56 Å². The minimum absolute atomic E-state index is 0.0518. The van der Waals surface area contributed by atoms with Gasteiger partial charge < -0.3 is 5.32 Å². The predicted octanol–water partition coefficient (Wildman–Crippen LogP) is 3.04. The van der Waals surface area contributed by atoms with Crippen molar-refractivity contribution in [3.63, 3.8) is 0 Å². The van der Waals surface area contributed by atoms with Crippen LogP contribution in [0.3, 0.4) is 0 Å². The molecule has 1 heterocycles. The molecule has 0 saturated heterocycles. The Morgan fingerprint density at radius 3 is 2.95 bits per heavy atom. The lowest BCUT2D eigenvalue weighted by atomic mass is 10.2. The highest BCUT2D eigenvalue weighted by Crippen LogP contribution is 2.19. The molecule has 0 fully saturated rings. The molecule has 0 unspecified atom stereocenters. The Balaban J connectivity index is 2.17. The van der Waals surface area contributed by atoms with E-state index < -0.39 is 5.82 Å². The molecule has 2 aromatic rings. The lowest BCUT2D eigenvalue weighted by Gasteiger charge is -2.09.